The molecule has 0 saturated heterocycles. The maximum Gasteiger partial charge on any atom is 0.123 e. The molecule has 1 aliphatic rings. The quantitative estimate of drug-likeness (QED) is 0.834. The minimum absolute atomic E-state index is 0.153. The van der Waals surface area contributed by atoms with Crippen LogP contribution in [0.5, 0.6) is 0 Å². The molecule has 2 rings (SSSR count). The van der Waals surface area contributed by atoms with Gasteiger partial charge < -0.3 is 5.32 Å². The lowest BCUT2D eigenvalue weighted by Crippen LogP contribution is -2.41. The number of hydrogen-bond acceptors (Lipinski definition) is 1. The van der Waals surface area contributed by atoms with Crippen LogP contribution >= 0.6 is 0 Å². The Hall–Kier alpha value is -0.890. The summed E-state index contributed by atoms with van der Waals surface area (Å²) in [5, 5.41) is 3.72. The summed E-state index contributed by atoms with van der Waals surface area (Å²) in [6, 6.07) is 7.91. The van der Waals surface area contributed by atoms with Crippen LogP contribution in [0.15, 0.2) is 24.3 Å². The first-order valence-electron chi connectivity index (χ1n) is 7.65. The molecule has 1 saturated carbocycles. The van der Waals surface area contributed by atoms with Crippen LogP contribution < -0.4 is 5.32 Å². The molecule has 1 aromatic carbocycles. The van der Waals surface area contributed by atoms with Crippen molar-refractivity contribution in [3.05, 3.63) is 35.6 Å². The molecular weight excluding hydrogens is 237 g/mol. The molecule has 0 spiro atoms. The van der Waals surface area contributed by atoms with Crippen molar-refractivity contribution in [2.24, 2.45) is 5.92 Å². The first kappa shape index (κ1) is 14.5. The standard InChI is InChI=1S/C17H26FN/c1-13(12-15-8-10-17(18)11-9-15)19-14(2)16-6-4-3-5-7-16/h8-11,13-14,16,19H,3-7,12H2,1-2H3/t13?,14-/m1/s1. The maximum atomic E-state index is 12.9. The maximum absolute atomic E-state index is 12.9. The van der Waals surface area contributed by atoms with E-state index in [1.54, 1.807) is 12.1 Å². The van der Waals surface area contributed by atoms with Gasteiger partial charge in [0.25, 0.3) is 0 Å². The minimum atomic E-state index is -0.153. The molecule has 1 N–H and O–H groups in total. The topological polar surface area (TPSA) is 12.0 Å². The number of rotatable bonds is 5. The van der Waals surface area contributed by atoms with Gasteiger partial charge in [-0.2, -0.15) is 0 Å². The van der Waals surface area contributed by atoms with Crippen molar-refractivity contribution in [1.82, 2.24) is 5.32 Å². The molecule has 106 valence electrons. The fraction of sp³-hybridized carbons (Fsp3) is 0.647. The molecule has 1 unspecified atom stereocenters. The van der Waals surface area contributed by atoms with E-state index in [-0.39, 0.29) is 5.82 Å². The Morgan fingerprint density at radius 1 is 1.11 bits per heavy atom. The number of benzene rings is 1. The molecule has 1 aromatic rings. The van der Waals surface area contributed by atoms with Crippen molar-refractivity contribution < 1.29 is 4.39 Å². The highest BCUT2D eigenvalue weighted by molar-refractivity contribution is 5.17. The van der Waals surface area contributed by atoms with Crippen molar-refractivity contribution in [2.75, 3.05) is 0 Å². The monoisotopic (exact) mass is 263 g/mol. The van der Waals surface area contributed by atoms with Gasteiger partial charge in [-0.15, -0.1) is 0 Å². The van der Waals surface area contributed by atoms with Crippen LogP contribution in [0, 0.1) is 11.7 Å². The molecule has 0 aliphatic heterocycles. The van der Waals surface area contributed by atoms with E-state index in [0.717, 1.165) is 12.3 Å². The summed E-state index contributed by atoms with van der Waals surface area (Å²) in [5.41, 5.74) is 1.21. The van der Waals surface area contributed by atoms with Gasteiger partial charge in [0.2, 0.25) is 0 Å². The van der Waals surface area contributed by atoms with Crippen LogP contribution in [-0.4, -0.2) is 12.1 Å². The Labute approximate surface area is 116 Å². The lowest BCUT2D eigenvalue weighted by Gasteiger charge is -2.30. The van der Waals surface area contributed by atoms with Crippen LogP contribution in [0.3, 0.4) is 0 Å². The Bertz CT molecular complexity index is 367. The lowest BCUT2D eigenvalue weighted by molar-refractivity contribution is 0.267. The average Bonchev–Trinajstić information content (AvgIpc) is 2.42. The molecular formula is C17H26FN. The molecule has 0 bridgehead atoms. The van der Waals surface area contributed by atoms with Crippen molar-refractivity contribution in [3.63, 3.8) is 0 Å². The van der Waals surface area contributed by atoms with Gasteiger partial charge in [-0.25, -0.2) is 4.39 Å². The summed E-state index contributed by atoms with van der Waals surface area (Å²) in [6.07, 6.45) is 7.91. The van der Waals surface area contributed by atoms with Crippen LogP contribution in [0.1, 0.15) is 51.5 Å². The third-order valence-corrected chi connectivity index (χ3v) is 4.36. The fourth-order valence-electron chi connectivity index (χ4n) is 3.25. The van der Waals surface area contributed by atoms with E-state index in [4.69, 9.17) is 0 Å². The van der Waals surface area contributed by atoms with Crippen molar-refractivity contribution in [2.45, 2.75) is 64.5 Å². The third-order valence-electron chi connectivity index (χ3n) is 4.36. The highest BCUT2D eigenvalue weighted by Crippen LogP contribution is 2.26. The van der Waals surface area contributed by atoms with E-state index in [1.807, 2.05) is 12.1 Å². The van der Waals surface area contributed by atoms with Gasteiger partial charge in [-0.3, -0.25) is 0 Å². The van der Waals surface area contributed by atoms with E-state index in [1.165, 1.54) is 37.7 Å². The highest BCUT2D eigenvalue weighted by Gasteiger charge is 2.21. The number of hydrogen-bond donors (Lipinski definition) is 1. The normalized spacial score (nSPS) is 20.2. The van der Waals surface area contributed by atoms with Crippen molar-refractivity contribution >= 4 is 0 Å². The van der Waals surface area contributed by atoms with Crippen molar-refractivity contribution in [1.29, 1.82) is 0 Å². The Balaban J connectivity index is 1.79. The van der Waals surface area contributed by atoms with Crippen LogP contribution in [0.4, 0.5) is 4.39 Å². The Morgan fingerprint density at radius 2 is 1.74 bits per heavy atom. The van der Waals surface area contributed by atoms with E-state index >= 15 is 0 Å². The first-order valence-corrected chi connectivity index (χ1v) is 7.65. The smallest absolute Gasteiger partial charge is 0.123 e. The summed E-state index contributed by atoms with van der Waals surface area (Å²) < 4.78 is 12.9. The van der Waals surface area contributed by atoms with Gasteiger partial charge in [0.05, 0.1) is 0 Å². The second kappa shape index (κ2) is 7.04. The first-order chi connectivity index (χ1) is 9.15. The molecule has 19 heavy (non-hydrogen) atoms. The van der Waals surface area contributed by atoms with Gasteiger partial charge in [0.15, 0.2) is 0 Å². The zero-order valence-electron chi connectivity index (χ0n) is 12.2. The van der Waals surface area contributed by atoms with Gasteiger partial charge in [0, 0.05) is 12.1 Å². The van der Waals surface area contributed by atoms with E-state index in [9.17, 15) is 4.39 Å². The molecule has 1 nitrogen and oxygen atoms in total. The van der Waals surface area contributed by atoms with E-state index in [2.05, 4.69) is 19.2 Å². The van der Waals surface area contributed by atoms with Gasteiger partial charge in [-0.05, 0) is 56.7 Å². The van der Waals surface area contributed by atoms with E-state index < -0.39 is 0 Å². The predicted molar refractivity (Wildman–Crippen MR) is 78.7 cm³/mol. The zero-order chi connectivity index (χ0) is 13.7. The summed E-state index contributed by atoms with van der Waals surface area (Å²) >= 11 is 0. The Kier molecular flexibility index (Phi) is 5.38. The third kappa shape index (κ3) is 4.61. The van der Waals surface area contributed by atoms with Crippen LogP contribution in [0.25, 0.3) is 0 Å². The fourth-order valence-corrected chi connectivity index (χ4v) is 3.25. The number of nitrogens with one attached hydrogen (secondary N) is 1. The number of halogens is 1. The Morgan fingerprint density at radius 3 is 2.37 bits per heavy atom. The van der Waals surface area contributed by atoms with Crippen molar-refractivity contribution in [3.8, 4) is 0 Å². The van der Waals surface area contributed by atoms with Crippen LogP contribution in [0.2, 0.25) is 0 Å². The molecule has 0 radical (unpaired) electrons. The summed E-state index contributed by atoms with van der Waals surface area (Å²) in [5.74, 6) is 0.685. The predicted octanol–water partition coefficient (Wildman–Crippen LogP) is 4.32. The molecule has 0 heterocycles. The SMILES string of the molecule is CC(Cc1ccc(F)cc1)N[C@H](C)C1CCCCC1. The summed E-state index contributed by atoms with van der Waals surface area (Å²) in [6.45, 7) is 4.54. The summed E-state index contributed by atoms with van der Waals surface area (Å²) in [4.78, 5) is 0. The minimum Gasteiger partial charge on any atom is -0.311 e. The molecule has 0 aromatic heterocycles. The van der Waals surface area contributed by atoms with Gasteiger partial charge in [0.1, 0.15) is 5.82 Å². The second-order valence-corrected chi connectivity index (χ2v) is 6.09. The van der Waals surface area contributed by atoms with Gasteiger partial charge in [-0.1, -0.05) is 31.4 Å². The van der Waals surface area contributed by atoms with Crippen LogP contribution in [-0.2, 0) is 6.42 Å². The van der Waals surface area contributed by atoms with Gasteiger partial charge >= 0.3 is 0 Å². The lowest BCUT2D eigenvalue weighted by atomic mass is 9.84. The largest absolute Gasteiger partial charge is 0.311 e. The van der Waals surface area contributed by atoms with E-state index in [0.29, 0.717) is 12.1 Å². The molecule has 0 amide bonds. The molecule has 2 atom stereocenters. The second-order valence-electron chi connectivity index (χ2n) is 6.09. The molecule has 1 aliphatic carbocycles. The highest BCUT2D eigenvalue weighted by atomic mass is 19.1. The molecule has 2 heteroatoms. The molecule has 1 fully saturated rings. The zero-order valence-corrected chi connectivity index (χ0v) is 12.2. The summed E-state index contributed by atoms with van der Waals surface area (Å²) in [7, 11) is 0. The average molecular weight is 263 g/mol.